The molecule has 14 nitrogen and oxygen atoms in total. The van der Waals surface area contributed by atoms with E-state index in [0.29, 0.717) is 0 Å². The quantitative estimate of drug-likeness (QED) is 0.240. The average Bonchev–Trinajstić information content (AvgIpc) is 3.01. The highest BCUT2D eigenvalue weighted by Crippen LogP contribution is 2.46. The van der Waals surface area contributed by atoms with Crippen LogP contribution in [0.25, 0.3) is 0 Å². The van der Waals surface area contributed by atoms with Crippen molar-refractivity contribution in [1.82, 2.24) is 19.6 Å². The van der Waals surface area contributed by atoms with Crippen molar-refractivity contribution in [2.45, 2.75) is 63.9 Å². The first-order valence-corrected chi connectivity index (χ1v) is 12.6. The summed E-state index contributed by atoms with van der Waals surface area (Å²) in [5.74, 6) is -0.531. The molecule has 0 radical (unpaired) electrons. The monoisotopic (exact) mass is 528 g/mol. The molecule has 1 aromatic heterocycles. The van der Waals surface area contributed by atoms with Gasteiger partial charge >= 0.3 is 25.1 Å². The third-order valence-electron chi connectivity index (χ3n) is 5.19. The number of hydrogen-bond acceptors (Lipinski definition) is 11. The lowest BCUT2D eigenvalue weighted by molar-refractivity contribution is -0.149. The molecule has 2 aromatic rings. The Morgan fingerprint density at radius 3 is 2.58 bits per heavy atom. The number of ether oxygens (including phenoxy) is 2. The number of esters is 1. The molecule has 0 spiro atoms. The number of nitrogens with one attached hydrogen (secondary N) is 2. The van der Waals surface area contributed by atoms with Crippen LogP contribution in [-0.4, -0.2) is 67.3 Å². The molecule has 1 aliphatic heterocycles. The molecule has 2 heterocycles. The molecule has 1 fully saturated rings. The van der Waals surface area contributed by atoms with E-state index in [4.69, 9.17) is 18.5 Å². The zero-order chi connectivity index (χ0) is 26.7. The molecule has 0 bridgehead atoms. The largest absolute Gasteiger partial charge is 0.462 e. The number of carbonyl (C=O) groups is 1. The molecule has 198 valence electrons. The minimum absolute atomic E-state index is 0.168. The molecule has 1 aliphatic rings. The summed E-state index contributed by atoms with van der Waals surface area (Å²) in [5, 5.41) is 24.0. The lowest BCUT2D eigenvalue weighted by Crippen LogP contribution is -2.47. The third kappa shape index (κ3) is 6.46. The van der Waals surface area contributed by atoms with Gasteiger partial charge in [-0.1, -0.05) is 18.2 Å². The lowest BCUT2D eigenvalue weighted by Gasteiger charge is -2.27. The molecular formula is C21H29N4O10P. The van der Waals surface area contributed by atoms with E-state index in [1.54, 1.807) is 32.0 Å². The Bertz CT molecular complexity index is 1210. The van der Waals surface area contributed by atoms with Gasteiger partial charge < -0.3 is 24.2 Å². The van der Waals surface area contributed by atoms with Gasteiger partial charge in [-0.15, -0.1) is 0 Å². The summed E-state index contributed by atoms with van der Waals surface area (Å²) in [6.07, 6.45) is -3.92. The number of hydrogen-bond donors (Lipinski definition) is 4. The summed E-state index contributed by atoms with van der Waals surface area (Å²) in [5.41, 5.74) is -3.85. The van der Waals surface area contributed by atoms with Gasteiger partial charge in [-0.3, -0.25) is 18.9 Å². The number of aromatic nitrogens is 3. The van der Waals surface area contributed by atoms with Gasteiger partial charge in [-0.25, -0.2) is 14.2 Å². The average molecular weight is 528 g/mol. The van der Waals surface area contributed by atoms with Gasteiger partial charge in [0.15, 0.2) is 6.23 Å². The summed E-state index contributed by atoms with van der Waals surface area (Å²) in [6, 6.07) is 6.93. The number of aliphatic hydroxyl groups excluding tert-OH is 1. The molecular weight excluding hydrogens is 499 g/mol. The van der Waals surface area contributed by atoms with Gasteiger partial charge in [0.1, 0.15) is 35.9 Å². The Morgan fingerprint density at radius 2 is 1.97 bits per heavy atom. The van der Waals surface area contributed by atoms with E-state index in [0.717, 1.165) is 10.9 Å². The molecule has 0 aliphatic carbocycles. The second-order valence-corrected chi connectivity index (χ2v) is 10.3. The van der Waals surface area contributed by atoms with Crippen molar-refractivity contribution >= 4 is 13.7 Å². The Balaban J connectivity index is 1.80. The number of para-hydroxylation sites is 1. The molecule has 15 heteroatoms. The van der Waals surface area contributed by atoms with Gasteiger partial charge in [-0.05, 0) is 39.8 Å². The van der Waals surface area contributed by atoms with E-state index >= 15 is 0 Å². The van der Waals surface area contributed by atoms with Crippen LogP contribution in [0.5, 0.6) is 5.75 Å². The third-order valence-corrected chi connectivity index (χ3v) is 6.83. The summed E-state index contributed by atoms with van der Waals surface area (Å²) in [7, 11) is -4.28. The predicted molar refractivity (Wildman–Crippen MR) is 124 cm³/mol. The van der Waals surface area contributed by atoms with Gasteiger partial charge in [0.25, 0.3) is 0 Å². The van der Waals surface area contributed by atoms with E-state index in [-0.39, 0.29) is 5.75 Å². The molecule has 0 amide bonds. The van der Waals surface area contributed by atoms with E-state index in [1.807, 2.05) is 4.98 Å². The molecule has 3 rings (SSSR count). The first-order chi connectivity index (χ1) is 16.8. The van der Waals surface area contributed by atoms with Crippen LogP contribution in [0.4, 0.5) is 0 Å². The number of benzene rings is 1. The summed E-state index contributed by atoms with van der Waals surface area (Å²) in [4.78, 5) is 41.0. The maximum absolute atomic E-state index is 13.6. The van der Waals surface area contributed by atoms with Crippen molar-refractivity contribution in [1.29, 1.82) is 0 Å². The van der Waals surface area contributed by atoms with Crippen LogP contribution in [0.1, 0.15) is 33.9 Å². The predicted octanol–water partition coefficient (Wildman–Crippen LogP) is 0.0743. The topological polar surface area (TPSA) is 191 Å². The van der Waals surface area contributed by atoms with Gasteiger partial charge in [0.2, 0.25) is 0 Å². The fourth-order valence-corrected chi connectivity index (χ4v) is 4.91. The lowest BCUT2D eigenvalue weighted by atomic mass is 9.97. The number of nitrogens with zero attached hydrogens (tertiary/aromatic N) is 2. The van der Waals surface area contributed by atoms with Crippen LogP contribution < -0.4 is 21.0 Å². The van der Waals surface area contributed by atoms with Crippen LogP contribution >= 0.6 is 7.75 Å². The van der Waals surface area contributed by atoms with Crippen LogP contribution in [-0.2, 0) is 23.4 Å². The second-order valence-electron chi connectivity index (χ2n) is 8.62. The second kappa shape index (κ2) is 11.0. The fourth-order valence-electron chi connectivity index (χ4n) is 3.41. The van der Waals surface area contributed by atoms with Gasteiger partial charge in [-0.2, -0.15) is 10.1 Å². The van der Waals surface area contributed by atoms with Crippen LogP contribution in [0.2, 0.25) is 0 Å². The summed E-state index contributed by atoms with van der Waals surface area (Å²) in [6.45, 7) is 5.36. The zero-order valence-electron chi connectivity index (χ0n) is 20.1. The van der Waals surface area contributed by atoms with Crippen molar-refractivity contribution in [3.8, 4) is 5.75 Å². The van der Waals surface area contributed by atoms with E-state index in [2.05, 4.69) is 10.1 Å². The van der Waals surface area contributed by atoms with Crippen molar-refractivity contribution in [3.63, 3.8) is 0 Å². The molecule has 6 atom stereocenters. The molecule has 36 heavy (non-hydrogen) atoms. The fraction of sp³-hybridized carbons (Fsp3) is 0.524. The summed E-state index contributed by atoms with van der Waals surface area (Å²) >= 11 is 0. The van der Waals surface area contributed by atoms with Crippen molar-refractivity contribution in [3.05, 3.63) is 57.6 Å². The molecule has 4 N–H and O–H groups in total. The normalized spacial score (nSPS) is 26.4. The zero-order valence-corrected chi connectivity index (χ0v) is 21.0. The Hall–Kier alpha value is -2.87. The maximum atomic E-state index is 13.6. The van der Waals surface area contributed by atoms with Crippen molar-refractivity contribution < 1.29 is 38.1 Å². The van der Waals surface area contributed by atoms with Gasteiger partial charge in [0, 0.05) is 0 Å². The maximum Gasteiger partial charge on any atom is 0.459 e. The molecule has 1 saturated heterocycles. The van der Waals surface area contributed by atoms with Crippen LogP contribution in [0, 0.1) is 0 Å². The smallest absolute Gasteiger partial charge is 0.459 e. The highest BCUT2D eigenvalue weighted by Gasteiger charge is 2.54. The standard InChI is InChI=1S/C21H29N4O10P/c1-12(2)33-17(27)13(3)24-36(31,35-14-8-6-5-7-9-14)32-10-15-16(26)21(4,30)18(34-15)25-11-22-19(28)23-20(25)29/h5-9,11-13,15-16,18,26,30H,10H2,1-4H3,(H,24,31)(H,23,28,29)/t13-,15+,16+,18+,21+,36-/m0/s1. The van der Waals surface area contributed by atoms with Crippen LogP contribution in [0.3, 0.4) is 0 Å². The SMILES string of the molecule is CC(C)OC(=O)[C@H](C)N[P@](=O)(OC[C@H]1O[C@@H](n2cnc(=O)[nH]c2=O)[C@](C)(O)[C@@H]1O)Oc1ccccc1. The Labute approximate surface area is 205 Å². The highest BCUT2D eigenvalue weighted by molar-refractivity contribution is 7.52. The Kier molecular flexibility index (Phi) is 8.49. The molecule has 0 saturated carbocycles. The number of aliphatic hydroxyl groups is 2. The minimum atomic E-state index is -4.28. The van der Waals surface area contributed by atoms with Crippen LogP contribution in [0.15, 0.2) is 46.2 Å². The minimum Gasteiger partial charge on any atom is -0.462 e. The van der Waals surface area contributed by atoms with Crippen molar-refractivity contribution in [2.24, 2.45) is 0 Å². The van der Waals surface area contributed by atoms with E-state index < -0.39 is 67.9 Å². The Morgan fingerprint density at radius 1 is 1.31 bits per heavy atom. The highest BCUT2D eigenvalue weighted by atomic mass is 31.2. The van der Waals surface area contributed by atoms with Gasteiger partial charge in [0.05, 0.1) is 12.7 Å². The number of rotatable bonds is 10. The molecule has 1 aromatic carbocycles. The van der Waals surface area contributed by atoms with E-state index in [1.165, 1.54) is 26.0 Å². The van der Waals surface area contributed by atoms with Crippen molar-refractivity contribution in [2.75, 3.05) is 6.61 Å². The number of aromatic amines is 1. The molecule has 0 unspecified atom stereocenters. The first-order valence-electron chi connectivity index (χ1n) is 11.0. The summed E-state index contributed by atoms with van der Waals surface area (Å²) < 4.78 is 36.2. The number of carbonyl (C=O) groups excluding carboxylic acids is 1. The first kappa shape index (κ1) is 27.7. The van der Waals surface area contributed by atoms with E-state index in [9.17, 15) is 29.2 Å². The number of H-pyrrole nitrogens is 1.